The number of benzene rings is 2. The molecule has 2 aromatic carbocycles. The Balaban J connectivity index is 1.20. The van der Waals surface area contributed by atoms with Gasteiger partial charge in [-0.2, -0.15) is 0 Å². The largest absolute Gasteiger partial charge is 0.347 e. The third-order valence-electron chi connectivity index (χ3n) is 5.07. The van der Waals surface area contributed by atoms with Crippen LogP contribution < -0.4 is 5.32 Å². The van der Waals surface area contributed by atoms with Gasteiger partial charge >= 0.3 is 0 Å². The van der Waals surface area contributed by atoms with Gasteiger partial charge in [-0.3, -0.25) is 14.5 Å². The van der Waals surface area contributed by atoms with Gasteiger partial charge in [0, 0.05) is 26.2 Å². The van der Waals surface area contributed by atoms with Crippen molar-refractivity contribution >= 4 is 33.4 Å². The van der Waals surface area contributed by atoms with Gasteiger partial charge < -0.3 is 10.2 Å². The van der Waals surface area contributed by atoms with Crippen molar-refractivity contribution in [3.05, 3.63) is 65.2 Å². The molecular weight excluding hydrogens is 384 g/mol. The van der Waals surface area contributed by atoms with Crippen LogP contribution in [0, 0.1) is 0 Å². The Labute approximate surface area is 174 Å². The molecule has 7 heteroatoms. The van der Waals surface area contributed by atoms with Crippen LogP contribution in [0.15, 0.2) is 54.6 Å². The summed E-state index contributed by atoms with van der Waals surface area (Å²) in [6.07, 6.45) is 0.296. The van der Waals surface area contributed by atoms with Gasteiger partial charge in [0.05, 0.1) is 29.7 Å². The molecule has 150 valence electrons. The molecule has 1 N–H and O–H groups in total. The van der Waals surface area contributed by atoms with Crippen molar-refractivity contribution in [1.82, 2.24) is 20.1 Å². The van der Waals surface area contributed by atoms with E-state index in [1.165, 1.54) is 4.70 Å². The number of amides is 2. The van der Waals surface area contributed by atoms with Crippen LogP contribution >= 0.6 is 11.3 Å². The fourth-order valence-corrected chi connectivity index (χ4v) is 4.47. The minimum atomic E-state index is -0.126. The van der Waals surface area contributed by atoms with Crippen molar-refractivity contribution in [2.75, 3.05) is 32.7 Å². The highest BCUT2D eigenvalue weighted by molar-refractivity contribution is 7.18. The van der Waals surface area contributed by atoms with Crippen molar-refractivity contribution in [2.45, 2.75) is 13.0 Å². The summed E-state index contributed by atoms with van der Waals surface area (Å²) in [6.45, 7) is 3.87. The lowest BCUT2D eigenvalue weighted by Gasteiger charge is -2.34. The van der Waals surface area contributed by atoms with Crippen molar-refractivity contribution in [3.63, 3.8) is 0 Å². The number of hydrogen-bond acceptors (Lipinski definition) is 5. The maximum atomic E-state index is 12.4. The molecule has 0 radical (unpaired) electrons. The fourth-order valence-electron chi connectivity index (χ4n) is 3.46. The van der Waals surface area contributed by atoms with Gasteiger partial charge in [-0.15, -0.1) is 11.3 Å². The van der Waals surface area contributed by atoms with Crippen LogP contribution in [-0.4, -0.2) is 59.3 Å². The number of nitrogens with zero attached hydrogens (tertiary/aromatic N) is 3. The number of thiazole rings is 1. The van der Waals surface area contributed by atoms with Crippen LogP contribution in [-0.2, 0) is 22.6 Å². The average Bonchev–Trinajstić information content (AvgIpc) is 3.15. The Kier molecular flexibility index (Phi) is 6.17. The molecule has 1 aliphatic heterocycles. The van der Waals surface area contributed by atoms with Gasteiger partial charge in [0.2, 0.25) is 11.8 Å². The zero-order valence-corrected chi connectivity index (χ0v) is 17.0. The van der Waals surface area contributed by atoms with Crippen LogP contribution in [0.4, 0.5) is 0 Å². The minimum absolute atomic E-state index is 0.0222. The summed E-state index contributed by atoms with van der Waals surface area (Å²) in [6, 6.07) is 17.7. The van der Waals surface area contributed by atoms with E-state index in [1.807, 2.05) is 53.4 Å². The van der Waals surface area contributed by atoms with E-state index in [4.69, 9.17) is 4.98 Å². The summed E-state index contributed by atoms with van der Waals surface area (Å²) in [5.74, 6) is -0.148. The van der Waals surface area contributed by atoms with Crippen molar-refractivity contribution < 1.29 is 9.59 Å². The Bertz CT molecular complexity index is 948. The Morgan fingerprint density at radius 2 is 1.69 bits per heavy atom. The summed E-state index contributed by atoms with van der Waals surface area (Å²) in [4.78, 5) is 33.3. The number of para-hydroxylation sites is 1. The number of rotatable bonds is 6. The zero-order chi connectivity index (χ0) is 20.1. The maximum absolute atomic E-state index is 12.4. The summed E-state index contributed by atoms with van der Waals surface area (Å²) < 4.78 is 1.21. The third kappa shape index (κ3) is 5.19. The van der Waals surface area contributed by atoms with E-state index in [9.17, 15) is 9.59 Å². The molecule has 3 aromatic rings. The van der Waals surface area contributed by atoms with Gasteiger partial charge in [0.25, 0.3) is 0 Å². The summed E-state index contributed by atoms with van der Waals surface area (Å²) in [5.41, 5.74) is 1.99. The quantitative estimate of drug-likeness (QED) is 0.680. The number of carbonyl (C=O) groups is 2. The number of hydrogen-bond donors (Lipinski definition) is 1. The van der Waals surface area contributed by atoms with Crippen LogP contribution in [0.25, 0.3) is 10.2 Å². The lowest BCUT2D eigenvalue weighted by Crippen LogP contribution is -2.50. The molecule has 1 fully saturated rings. The van der Waals surface area contributed by atoms with E-state index in [0.717, 1.165) is 35.7 Å². The van der Waals surface area contributed by atoms with Gasteiger partial charge in [-0.25, -0.2) is 4.98 Å². The lowest BCUT2D eigenvalue weighted by atomic mass is 10.1. The first-order valence-electron chi connectivity index (χ1n) is 9.82. The normalized spacial score (nSPS) is 14.8. The first-order chi connectivity index (χ1) is 14.2. The van der Waals surface area contributed by atoms with Gasteiger partial charge in [0.15, 0.2) is 0 Å². The summed E-state index contributed by atoms with van der Waals surface area (Å²) >= 11 is 1.73. The SMILES string of the molecule is O=C(Cc1ccccc1)NCC(=O)N1CCN(Cc2nc3ccccc3s2)CC1. The molecular formula is C22H24N4O2S. The van der Waals surface area contributed by atoms with Crippen molar-refractivity contribution in [3.8, 4) is 0 Å². The van der Waals surface area contributed by atoms with E-state index in [-0.39, 0.29) is 18.4 Å². The maximum Gasteiger partial charge on any atom is 0.242 e. The predicted molar refractivity (Wildman–Crippen MR) is 115 cm³/mol. The molecule has 0 aliphatic carbocycles. The van der Waals surface area contributed by atoms with E-state index in [0.29, 0.717) is 19.5 Å². The first-order valence-corrected chi connectivity index (χ1v) is 10.6. The molecule has 29 heavy (non-hydrogen) atoms. The fraction of sp³-hybridized carbons (Fsp3) is 0.318. The van der Waals surface area contributed by atoms with E-state index in [1.54, 1.807) is 11.3 Å². The molecule has 0 unspecified atom stereocenters. The zero-order valence-electron chi connectivity index (χ0n) is 16.2. The standard InChI is InChI=1S/C22H24N4O2S/c27-20(14-17-6-2-1-3-7-17)23-15-22(28)26-12-10-25(11-13-26)16-21-24-18-8-4-5-9-19(18)29-21/h1-9H,10-16H2,(H,23,27). The van der Waals surface area contributed by atoms with Crippen LogP contribution in [0.5, 0.6) is 0 Å². The van der Waals surface area contributed by atoms with E-state index >= 15 is 0 Å². The molecule has 6 nitrogen and oxygen atoms in total. The van der Waals surface area contributed by atoms with Crippen LogP contribution in [0.3, 0.4) is 0 Å². The second kappa shape index (κ2) is 9.15. The average molecular weight is 409 g/mol. The molecule has 0 bridgehead atoms. The number of aromatic nitrogens is 1. The molecule has 0 spiro atoms. The molecule has 2 heterocycles. The van der Waals surface area contributed by atoms with Crippen LogP contribution in [0.1, 0.15) is 10.6 Å². The Hall–Kier alpha value is -2.77. The lowest BCUT2D eigenvalue weighted by molar-refractivity contribution is -0.134. The first kappa shape index (κ1) is 19.5. The number of nitrogens with one attached hydrogen (secondary N) is 1. The minimum Gasteiger partial charge on any atom is -0.347 e. The molecule has 2 amide bonds. The third-order valence-corrected chi connectivity index (χ3v) is 6.09. The summed E-state index contributed by atoms with van der Waals surface area (Å²) in [5, 5.41) is 3.85. The molecule has 0 saturated carbocycles. The smallest absolute Gasteiger partial charge is 0.242 e. The molecule has 1 aliphatic rings. The number of fused-ring (bicyclic) bond motifs is 1. The van der Waals surface area contributed by atoms with Crippen molar-refractivity contribution in [2.24, 2.45) is 0 Å². The van der Waals surface area contributed by atoms with Crippen LogP contribution in [0.2, 0.25) is 0 Å². The number of carbonyl (C=O) groups excluding carboxylic acids is 2. The highest BCUT2D eigenvalue weighted by atomic mass is 32.1. The highest BCUT2D eigenvalue weighted by Crippen LogP contribution is 2.23. The summed E-state index contributed by atoms with van der Waals surface area (Å²) in [7, 11) is 0. The van der Waals surface area contributed by atoms with Gasteiger partial charge in [-0.05, 0) is 17.7 Å². The molecule has 1 saturated heterocycles. The Morgan fingerprint density at radius 1 is 0.966 bits per heavy atom. The molecule has 1 aromatic heterocycles. The second-order valence-electron chi connectivity index (χ2n) is 7.17. The molecule has 4 rings (SSSR count). The Morgan fingerprint density at radius 3 is 2.45 bits per heavy atom. The van der Waals surface area contributed by atoms with Gasteiger partial charge in [0.1, 0.15) is 5.01 Å². The van der Waals surface area contributed by atoms with Gasteiger partial charge in [-0.1, -0.05) is 42.5 Å². The van der Waals surface area contributed by atoms with E-state index in [2.05, 4.69) is 16.3 Å². The monoisotopic (exact) mass is 408 g/mol. The molecule has 0 atom stereocenters. The van der Waals surface area contributed by atoms with E-state index < -0.39 is 0 Å². The topological polar surface area (TPSA) is 65.5 Å². The highest BCUT2D eigenvalue weighted by Gasteiger charge is 2.22. The second-order valence-corrected chi connectivity index (χ2v) is 8.29. The predicted octanol–water partition coefficient (Wildman–Crippen LogP) is 2.30. The van der Waals surface area contributed by atoms with Crippen molar-refractivity contribution in [1.29, 1.82) is 0 Å². The number of piperazine rings is 1.